The molecule has 1 amide bonds. The number of amides is 1. The summed E-state index contributed by atoms with van der Waals surface area (Å²) in [6, 6.07) is 4.27. The number of nitrogens with zero attached hydrogens (tertiary/aromatic N) is 3. The molecule has 0 radical (unpaired) electrons. The highest BCUT2D eigenvalue weighted by molar-refractivity contribution is 5.92. The van der Waals surface area contributed by atoms with E-state index in [-0.39, 0.29) is 5.91 Å². The maximum Gasteiger partial charge on any atom is 0.248 e. The van der Waals surface area contributed by atoms with Crippen LogP contribution in [0.5, 0.6) is 0 Å². The Morgan fingerprint density at radius 3 is 2.68 bits per heavy atom. The number of anilines is 1. The Bertz CT molecular complexity index is 531. The van der Waals surface area contributed by atoms with Crippen molar-refractivity contribution in [2.75, 3.05) is 32.1 Å². The number of hydrogen-bond acceptors (Lipinski definition) is 3. The van der Waals surface area contributed by atoms with Crippen LogP contribution in [0.25, 0.3) is 0 Å². The first-order valence-corrected chi connectivity index (χ1v) is 8.04. The fraction of sp³-hybridized carbons (Fsp3) is 0.556. The van der Waals surface area contributed by atoms with Crippen LogP contribution in [-0.2, 0) is 11.2 Å². The van der Waals surface area contributed by atoms with E-state index in [0.717, 1.165) is 38.2 Å². The van der Waals surface area contributed by atoms with Crippen molar-refractivity contribution in [1.82, 2.24) is 9.88 Å². The second-order valence-corrected chi connectivity index (χ2v) is 6.47. The Balaban J connectivity index is 1.81. The van der Waals surface area contributed by atoms with E-state index in [9.17, 15) is 4.79 Å². The fourth-order valence-electron chi connectivity index (χ4n) is 2.93. The summed E-state index contributed by atoms with van der Waals surface area (Å²) in [5.74, 6) is 1.84. The molecular weight excluding hydrogens is 274 g/mol. The van der Waals surface area contributed by atoms with Gasteiger partial charge in [0.15, 0.2) is 0 Å². The van der Waals surface area contributed by atoms with Crippen molar-refractivity contribution >= 4 is 11.7 Å². The van der Waals surface area contributed by atoms with Gasteiger partial charge in [0.05, 0.1) is 0 Å². The van der Waals surface area contributed by atoms with Gasteiger partial charge < -0.3 is 9.80 Å². The molecule has 1 aromatic heterocycles. The molecule has 0 bridgehead atoms. The van der Waals surface area contributed by atoms with Gasteiger partial charge >= 0.3 is 0 Å². The Labute approximate surface area is 133 Å². The number of piperidine rings is 1. The predicted molar refractivity (Wildman–Crippen MR) is 91.0 cm³/mol. The molecular formula is C18H27N3O. The third-order valence-electron chi connectivity index (χ3n) is 4.38. The molecule has 1 aliphatic heterocycles. The summed E-state index contributed by atoms with van der Waals surface area (Å²) < 4.78 is 0. The van der Waals surface area contributed by atoms with E-state index in [1.165, 1.54) is 12.0 Å². The molecule has 0 atom stereocenters. The van der Waals surface area contributed by atoms with Crippen LogP contribution in [0.3, 0.4) is 0 Å². The summed E-state index contributed by atoms with van der Waals surface area (Å²) in [6.07, 6.45) is 6.36. The summed E-state index contributed by atoms with van der Waals surface area (Å²) in [5.41, 5.74) is 1.99. The molecule has 2 rings (SSSR count). The van der Waals surface area contributed by atoms with Gasteiger partial charge in [0.2, 0.25) is 5.91 Å². The van der Waals surface area contributed by atoms with Crippen LogP contribution in [0.2, 0.25) is 0 Å². The van der Waals surface area contributed by atoms with Crippen molar-refractivity contribution in [1.29, 1.82) is 0 Å². The molecule has 4 nitrogen and oxygen atoms in total. The lowest BCUT2D eigenvalue weighted by Crippen LogP contribution is -2.38. The van der Waals surface area contributed by atoms with Gasteiger partial charge in [-0.05, 0) is 56.2 Å². The van der Waals surface area contributed by atoms with Crippen LogP contribution in [-0.4, -0.2) is 43.0 Å². The van der Waals surface area contributed by atoms with Crippen LogP contribution in [0.4, 0.5) is 5.82 Å². The Hall–Kier alpha value is -1.84. The van der Waals surface area contributed by atoms with Crippen molar-refractivity contribution in [2.24, 2.45) is 5.92 Å². The second-order valence-electron chi connectivity index (χ2n) is 6.47. The van der Waals surface area contributed by atoms with Gasteiger partial charge in [-0.25, -0.2) is 4.98 Å². The summed E-state index contributed by atoms with van der Waals surface area (Å²) in [6.45, 7) is 7.28. The normalized spacial score (nSPS) is 15.7. The Morgan fingerprint density at radius 1 is 1.41 bits per heavy atom. The maximum absolute atomic E-state index is 11.9. The summed E-state index contributed by atoms with van der Waals surface area (Å²) in [7, 11) is 4.03. The average molecular weight is 301 g/mol. The zero-order valence-corrected chi connectivity index (χ0v) is 14.0. The molecule has 0 spiro atoms. The molecule has 120 valence electrons. The zero-order valence-electron chi connectivity index (χ0n) is 14.0. The van der Waals surface area contributed by atoms with Crippen molar-refractivity contribution in [3.63, 3.8) is 0 Å². The minimum Gasteiger partial charge on any atom is -0.363 e. The number of likely N-dealkylation sites (tertiary alicyclic amines) is 1. The third-order valence-corrected chi connectivity index (χ3v) is 4.38. The first-order valence-electron chi connectivity index (χ1n) is 8.04. The van der Waals surface area contributed by atoms with E-state index >= 15 is 0 Å². The van der Waals surface area contributed by atoms with Gasteiger partial charge in [-0.15, -0.1) is 0 Å². The van der Waals surface area contributed by atoms with Gasteiger partial charge in [0.1, 0.15) is 5.82 Å². The molecule has 4 heteroatoms. The van der Waals surface area contributed by atoms with Gasteiger partial charge in [0, 0.05) is 39.0 Å². The lowest BCUT2D eigenvalue weighted by Gasteiger charge is -2.32. The van der Waals surface area contributed by atoms with E-state index in [4.69, 9.17) is 0 Å². The highest BCUT2D eigenvalue weighted by atomic mass is 16.2. The smallest absolute Gasteiger partial charge is 0.248 e. The minimum absolute atomic E-state index is 0.114. The predicted octanol–water partition coefficient (Wildman–Crippen LogP) is 2.89. The van der Waals surface area contributed by atoms with Crippen LogP contribution in [0.1, 0.15) is 31.7 Å². The molecule has 22 heavy (non-hydrogen) atoms. The van der Waals surface area contributed by atoms with E-state index in [2.05, 4.69) is 23.7 Å². The quantitative estimate of drug-likeness (QED) is 0.785. The van der Waals surface area contributed by atoms with E-state index in [0.29, 0.717) is 11.5 Å². The minimum atomic E-state index is 0.114. The molecule has 1 aliphatic rings. The van der Waals surface area contributed by atoms with Gasteiger partial charge in [-0.2, -0.15) is 0 Å². The SMILES string of the molecule is C=C(C)C(=O)N1CCC(CCc2ccnc(N(C)C)c2)CC1. The van der Waals surface area contributed by atoms with Crippen LogP contribution >= 0.6 is 0 Å². The van der Waals surface area contributed by atoms with Crippen LogP contribution in [0, 0.1) is 5.92 Å². The molecule has 0 N–H and O–H groups in total. The van der Waals surface area contributed by atoms with Crippen molar-refractivity contribution < 1.29 is 4.79 Å². The molecule has 2 heterocycles. The maximum atomic E-state index is 11.9. The molecule has 1 saturated heterocycles. The molecule has 0 unspecified atom stereocenters. The average Bonchev–Trinajstić information content (AvgIpc) is 2.53. The summed E-state index contributed by atoms with van der Waals surface area (Å²) in [4.78, 5) is 20.2. The number of carbonyl (C=O) groups is 1. The number of pyridine rings is 1. The first-order chi connectivity index (χ1) is 10.5. The van der Waals surface area contributed by atoms with Crippen molar-refractivity contribution in [3.05, 3.63) is 36.0 Å². The molecule has 1 aromatic rings. The third kappa shape index (κ3) is 4.33. The number of hydrogen-bond donors (Lipinski definition) is 0. The van der Waals surface area contributed by atoms with E-state index < -0.39 is 0 Å². The van der Waals surface area contributed by atoms with E-state index in [1.807, 2.05) is 30.1 Å². The van der Waals surface area contributed by atoms with Crippen molar-refractivity contribution in [3.8, 4) is 0 Å². The number of aromatic nitrogens is 1. The monoisotopic (exact) mass is 301 g/mol. The zero-order chi connectivity index (χ0) is 16.1. The highest BCUT2D eigenvalue weighted by Crippen LogP contribution is 2.23. The molecule has 0 aromatic carbocycles. The van der Waals surface area contributed by atoms with Gasteiger partial charge in [-0.3, -0.25) is 4.79 Å². The number of carbonyl (C=O) groups excluding carboxylic acids is 1. The Kier molecular flexibility index (Phi) is 5.58. The van der Waals surface area contributed by atoms with E-state index in [1.54, 1.807) is 6.92 Å². The summed E-state index contributed by atoms with van der Waals surface area (Å²) >= 11 is 0. The number of rotatable bonds is 5. The Morgan fingerprint density at radius 2 is 2.09 bits per heavy atom. The topological polar surface area (TPSA) is 36.4 Å². The highest BCUT2D eigenvalue weighted by Gasteiger charge is 2.22. The standard InChI is InChI=1S/C18H27N3O/c1-14(2)18(22)21-11-8-15(9-12-21)5-6-16-7-10-19-17(13-16)20(3)4/h7,10,13,15H,1,5-6,8-9,11-12H2,2-4H3. The lowest BCUT2D eigenvalue weighted by molar-refractivity contribution is -0.128. The van der Waals surface area contributed by atoms with Crippen molar-refractivity contribution in [2.45, 2.75) is 32.6 Å². The lowest BCUT2D eigenvalue weighted by atomic mass is 9.90. The van der Waals surface area contributed by atoms with Crippen LogP contribution in [0.15, 0.2) is 30.5 Å². The van der Waals surface area contributed by atoms with Gasteiger partial charge in [0.25, 0.3) is 0 Å². The molecule has 0 aliphatic carbocycles. The molecule has 0 saturated carbocycles. The largest absolute Gasteiger partial charge is 0.363 e. The second kappa shape index (κ2) is 7.43. The number of aryl methyl sites for hydroxylation is 1. The van der Waals surface area contributed by atoms with Crippen LogP contribution < -0.4 is 4.90 Å². The first kappa shape index (κ1) is 16.5. The summed E-state index contributed by atoms with van der Waals surface area (Å²) in [5, 5.41) is 0. The van der Waals surface area contributed by atoms with Gasteiger partial charge in [-0.1, -0.05) is 6.58 Å². The fourth-order valence-corrected chi connectivity index (χ4v) is 2.93. The molecule has 1 fully saturated rings.